The maximum Gasteiger partial charge on any atom is 0.180 e. The van der Waals surface area contributed by atoms with E-state index in [4.69, 9.17) is 5.73 Å². The number of aromatic hydroxyl groups is 1. The number of halogens is 1. The number of nitrogen functional groups attached to an aromatic ring is 1. The smallest absolute Gasteiger partial charge is 0.180 e. The summed E-state index contributed by atoms with van der Waals surface area (Å²) in [5, 5.41) is 11.0. The van der Waals surface area contributed by atoms with Crippen molar-refractivity contribution in [1.82, 2.24) is 19.4 Å². The van der Waals surface area contributed by atoms with E-state index in [2.05, 4.69) is 15.0 Å². The SMILES string of the molecule is Nc1nc(-c2ccccc2O)c(-c2cc(F)c3ncccc3c2)n2ccnc12. The number of hydrogen-bond acceptors (Lipinski definition) is 5. The fourth-order valence-corrected chi connectivity index (χ4v) is 3.43. The predicted octanol–water partition coefficient (Wildman–Crippen LogP) is 4.04. The van der Waals surface area contributed by atoms with E-state index >= 15 is 0 Å². The number of fused-ring (bicyclic) bond motifs is 2. The van der Waals surface area contributed by atoms with Crippen LogP contribution >= 0.6 is 0 Å². The van der Waals surface area contributed by atoms with Crippen LogP contribution in [0.5, 0.6) is 5.75 Å². The second kappa shape index (κ2) is 6.02. The normalized spacial score (nSPS) is 11.3. The van der Waals surface area contributed by atoms with Crippen LogP contribution in [-0.2, 0) is 0 Å². The fraction of sp³-hybridized carbons (Fsp3) is 0. The van der Waals surface area contributed by atoms with Crippen molar-refractivity contribution in [1.29, 1.82) is 0 Å². The van der Waals surface area contributed by atoms with Gasteiger partial charge in [0.25, 0.3) is 0 Å². The molecule has 0 aliphatic carbocycles. The Morgan fingerprint density at radius 3 is 2.71 bits per heavy atom. The van der Waals surface area contributed by atoms with Gasteiger partial charge in [0.05, 0.1) is 5.69 Å². The first-order valence-corrected chi connectivity index (χ1v) is 8.59. The van der Waals surface area contributed by atoms with Gasteiger partial charge in [0.2, 0.25) is 0 Å². The lowest BCUT2D eigenvalue weighted by atomic mass is 10.0. The largest absolute Gasteiger partial charge is 0.507 e. The minimum Gasteiger partial charge on any atom is -0.507 e. The Kier molecular flexibility index (Phi) is 3.48. The molecule has 6 nitrogen and oxygen atoms in total. The first kappa shape index (κ1) is 16.2. The Bertz CT molecular complexity index is 1360. The molecule has 0 aliphatic heterocycles. The molecule has 3 aromatic heterocycles. The highest BCUT2D eigenvalue weighted by molar-refractivity contribution is 5.90. The average Bonchev–Trinajstić information content (AvgIpc) is 3.18. The van der Waals surface area contributed by atoms with Crippen molar-refractivity contribution in [2.75, 3.05) is 5.73 Å². The number of nitrogens with two attached hydrogens (primary N) is 1. The second-order valence-electron chi connectivity index (χ2n) is 6.37. The van der Waals surface area contributed by atoms with Gasteiger partial charge in [-0.05, 0) is 30.3 Å². The molecule has 2 aromatic carbocycles. The number of hydrogen-bond donors (Lipinski definition) is 2. The number of rotatable bonds is 2. The second-order valence-corrected chi connectivity index (χ2v) is 6.37. The highest BCUT2D eigenvalue weighted by Gasteiger charge is 2.20. The van der Waals surface area contributed by atoms with Gasteiger partial charge >= 0.3 is 0 Å². The van der Waals surface area contributed by atoms with E-state index in [0.29, 0.717) is 39.1 Å². The van der Waals surface area contributed by atoms with Crippen LogP contribution in [0.25, 0.3) is 39.1 Å². The van der Waals surface area contributed by atoms with Crippen molar-refractivity contribution in [2.45, 2.75) is 0 Å². The maximum absolute atomic E-state index is 14.8. The summed E-state index contributed by atoms with van der Waals surface area (Å²) < 4.78 is 16.5. The number of nitrogens with zero attached hydrogens (tertiary/aromatic N) is 4. The Labute approximate surface area is 158 Å². The van der Waals surface area contributed by atoms with Crippen molar-refractivity contribution in [3.63, 3.8) is 0 Å². The molecule has 0 saturated heterocycles. The molecule has 0 atom stereocenters. The summed E-state index contributed by atoms with van der Waals surface area (Å²) >= 11 is 0. The monoisotopic (exact) mass is 371 g/mol. The van der Waals surface area contributed by atoms with E-state index in [1.54, 1.807) is 59.4 Å². The molecule has 0 saturated carbocycles. The Morgan fingerprint density at radius 1 is 1.00 bits per heavy atom. The number of benzene rings is 2. The molecule has 0 aliphatic rings. The van der Waals surface area contributed by atoms with Crippen molar-refractivity contribution in [3.8, 4) is 28.3 Å². The number of para-hydroxylation sites is 1. The number of anilines is 1. The van der Waals surface area contributed by atoms with Crippen LogP contribution in [-0.4, -0.2) is 24.5 Å². The standard InChI is InChI=1S/C21H14FN5O/c22-15-11-13(10-12-4-3-7-24-17(12)15)19-18(14-5-1-2-6-16(14)28)26-20(23)21-25-8-9-27(19)21/h1-11,28H,(H2,23,26). The molecule has 0 radical (unpaired) electrons. The van der Waals surface area contributed by atoms with E-state index in [-0.39, 0.29) is 11.6 Å². The first-order valence-electron chi connectivity index (χ1n) is 8.59. The number of phenols is 1. The summed E-state index contributed by atoms with van der Waals surface area (Å²) in [6.45, 7) is 0. The average molecular weight is 371 g/mol. The van der Waals surface area contributed by atoms with E-state index in [1.165, 1.54) is 6.07 Å². The fourth-order valence-electron chi connectivity index (χ4n) is 3.43. The quantitative estimate of drug-likeness (QED) is 0.489. The molecule has 5 rings (SSSR count). The van der Waals surface area contributed by atoms with Gasteiger partial charge in [0, 0.05) is 35.1 Å². The topological polar surface area (TPSA) is 89.3 Å². The minimum absolute atomic E-state index is 0.0537. The molecule has 5 aromatic rings. The molecule has 28 heavy (non-hydrogen) atoms. The van der Waals surface area contributed by atoms with Crippen molar-refractivity contribution < 1.29 is 9.50 Å². The minimum atomic E-state index is -0.443. The van der Waals surface area contributed by atoms with Crippen molar-refractivity contribution in [3.05, 3.63) is 72.9 Å². The first-order chi connectivity index (χ1) is 13.6. The molecular formula is C21H14FN5O. The van der Waals surface area contributed by atoms with Gasteiger partial charge in [0.15, 0.2) is 11.5 Å². The third-order valence-corrected chi connectivity index (χ3v) is 4.66. The zero-order chi connectivity index (χ0) is 19.3. The molecule has 7 heteroatoms. The lowest BCUT2D eigenvalue weighted by Crippen LogP contribution is -2.04. The zero-order valence-corrected chi connectivity index (χ0v) is 14.5. The zero-order valence-electron chi connectivity index (χ0n) is 14.5. The molecule has 3 N–H and O–H groups in total. The molecule has 136 valence electrons. The summed E-state index contributed by atoms with van der Waals surface area (Å²) in [5.41, 5.74) is 8.93. The number of aromatic nitrogens is 4. The molecule has 0 amide bonds. The van der Waals surface area contributed by atoms with Gasteiger partial charge in [-0.3, -0.25) is 9.38 Å². The van der Waals surface area contributed by atoms with Gasteiger partial charge in [-0.15, -0.1) is 0 Å². The van der Waals surface area contributed by atoms with Crippen molar-refractivity contribution in [2.24, 2.45) is 0 Å². The summed E-state index contributed by atoms with van der Waals surface area (Å²) in [6, 6.07) is 13.6. The summed E-state index contributed by atoms with van der Waals surface area (Å²) in [4.78, 5) is 12.8. The Morgan fingerprint density at radius 2 is 1.86 bits per heavy atom. The van der Waals surface area contributed by atoms with Gasteiger partial charge < -0.3 is 10.8 Å². The molecule has 0 spiro atoms. The summed E-state index contributed by atoms with van der Waals surface area (Å²) in [5.74, 6) is -0.172. The Balaban J connectivity index is 1.91. The highest BCUT2D eigenvalue weighted by atomic mass is 19.1. The van der Waals surface area contributed by atoms with E-state index in [9.17, 15) is 9.50 Å². The Hall–Kier alpha value is -4.00. The van der Waals surface area contributed by atoms with Crippen molar-refractivity contribution >= 4 is 22.4 Å². The lowest BCUT2D eigenvalue weighted by molar-refractivity contribution is 0.477. The van der Waals surface area contributed by atoms with E-state index < -0.39 is 5.82 Å². The van der Waals surface area contributed by atoms with E-state index in [0.717, 1.165) is 0 Å². The summed E-state index contributed by atoms with van der Waals surface area (Å²) in [7, 11) is 0. The van der Waals surface area contributed by atoms with Crippen LogP contribution < -0.4 is 5.73 Å². The molecule has 0 bridgehead atoms. The van der Waals surface area contributed by atoms with Gasteiger partial charge in [-0.1, -0.05) is 18.2 Å². The van der Waals surface area contributed by atoms with Crippen LogP contribution in [0.4, 0.5) is 10.2 Å². The number of pyridine rings is 1. The van der Waals surface area contributed by atoms with Crippen LogP contribution in [0.2, 0.25) is 0 Å². The number of phenolic OH excluding ortho intramolecular Hbond substituents is 1. The maximum atomic E-state index is 14.8. The lowest BCUT2D eigenvalue weighted by Gasteiger charge is -2.15. The summed E-state index contributed by atoms with van der Waals surface area (Å²) in [6.07, 6.45) is 4.89. The van der Waals surface area contributed by atoms with Gasteiger partial charge in [0.1, 0.15) is 22.8 Å². The van der Waals surface area contributed by atoms with Gasteiger partial charge in [-0.25, -0.2) is 14.4 Å². The third kappa shape index (κ3) is 2.37. The third-order valence-electron chi connectivity index (χ3n) is 4.66. The molecule has 0 fully saturated rings. The van der Waals surface area contributed by atoms with Crippen LogP contribution in [0.3, 0.4) is 0 Å². The van der Waals surface area contributed by atoms with Crippen LogP contribution in [0.15, 0.2) is 67.1 Å². The molecular weight excluding hydrogens is 357 g/mol. The predicted molar refractivity (Wildman–Crippen MR) is 105 cm³/mol. The molecule has 3 heterocycles. The van der Waals surface area contributed by atoms with Crippen LogP contribution in [0.1, 0.15) is 0 Å². The number of imidazole rings is 1. The van der Waals surface area contributed by atoms with Crippen LogP contribution in [0, 0.1) is 5.82 Å². The molecule has 0 unspecified atom stereocenters. The van der Waals surface area contributed by atoms with E-state index in [1.807, 2.05) is 6.07 Å². The highest BCUT2D eigenvalue weighted by Crippen LogP contribution is 2.38. The van der Waals surface area contributed by atoms with Gasteiger partial charge in [-0.2, -0.15) is 0 Å².